The van der Waals surface area contributed by atoms with Crippen LogP contribution in [0.2, 0.25) is 0 Å². The Morgan fingerprint density at radius 3 is 1.88 bits per heavy atom. The van der Waals surface area contributed by atoms with Gasteiger partial charge in [0, 0.05) is 36.8 Å². The summed E-state index contributed by atoms with van der Waals surface area (Å²) in [6.45, 7) is 29.5. The number of aliphatic hydroxyl groups is 1. The molecule has 3 N–H and O–H groups in total. The lowest BCUT2D eigenvalue weighted by molar-refractivity contribution is -0.0727. The summed E-state index contributed by atoms with van der Waals surface area (Å²) in [5, 5.41) is 12.5. The minimum atomic E-state index is -1.65. The number of rotatable bonds is 13. The van der Waals surface area contributed by atoms with Gasteiger partial charge in [-0.3, -0.25) is 9.40 Å². The third-order valence-electron chi connectivity index (χ3n) is 6.52. The van der Waals surface area contributed by atoms with Crippen LogP contribution in [0, 0.1) is 11.7 Å². The zero-order valence-electron chi connectivity index (χ0n) is 34.2. The number of halogens is 3. The Morgan fingerprint density at radius 2 is 1.48 bits per heavy atom. The number of nitrogens with zero attached hydrogens (tertiary/aromatic N) is 2. The van der Waals surface area contributed by atoms with E-state index in [0.717, 1.165) is 42.4 Å². The van der Waals surface area contributed by atoms with E-state index < -0.39 is 17.4 Å². The normalized spacial score (nSPS) is 14.1. The third-order valence-corrected chi connectivity index (χ3v) is 7.09. The van der Waals surface area contributed by atoms with Gasteiger partial charge in [0.15, 0.2) is 0 Å². The molecular formula is C41H75F3N3O2P. The van der Waals surface area contributed by atoms with Gasteiger partial charge in [-0.25, -0.2) is 14.6 Å². The monoisotopic (exact) mass is 730 g/mol. The maximum absolute atomic E-state index is 14.4. The molecule has 0 saturated heterocycles. The summed E-state index contributed by atoms with van der Waals surface area (Å²) in [6.07, 6.45) is 18.9. The molecule has 0 saturated carbocycles. The number of benzene rings is 1. The number of hydrazine groups is 1. The van der Waals surface area contributed by atoms with Crippen molar-refractivity contribution < 1.29 is 23.0 Å². The van der Waals surface area contributed by atoms with Gasteiger partial charge in [0.25, 0.3) is 0 Å². The van der Waals surface area contributed by atoms with E-state index in [4.69, 9.17) is 10.6 Å². The molecular weight excluding hydrogens is 654 g/mol. The Hall–Kier alpha value is -2.80. The summed E-state index contributed by atoms with van der Waals surface area (Å²) in [6, 6.07) is 6.06. The molecule has 1 aromatic rings. The van der Waals surface area contributed by atoms with Crippen LogP contribution in [-0.4, -0.2) is 48.4 Å². The lowest BCUT2D eigenvalue weighted by Crippen LogP contribution is -2.47. The van der Waals surface area contributed by atoms with E-state index in [1.807, 2.05) is 120 Å². The summed E-state index contributed by atoms with van der Waals surface area (Å²) < 4.78 is 42.3. The highest BCUT2D eigenvalue weighted by Gasteiger charge is 2.41. The van der Waals surface area contributed by atoms with Gasteiger partial charge in [0.1, 0.15) is 29.7 Å². The maximum atomic E-state index is 14.4. The van der Waals surface area contributed by atoms with E-state index in [2.05, 4.69) is 34.1 Å². The van der Waals surface area contributed by atoms with Gasteiger partial charge in [0.05, 0.1) is 12.9 Å². The minimum absolute atomic E-state index is 0.121. The van der Waals surface area contributed by atoms with Gasteiger partial charge >= 0.3 is 0 Å². The Bertz CT molecular complexity index is 1060. The zero-order valence-corrected chi connectivity index (χ0v) is 35.4. The van der Waals surface area contributed by atoms with Crippen molar-refractivity contribution in [3.05, 3.63) is 102 Å². The second kappa shape index (κ2) is 39.0. The molecule has 50 heavy (non-hydrogen) atoms. The minimum Gasteiger partial charge on any atom is -0.494 e. The van der Waals surface area contributed by atoms with E-state index in [9.17, 15) is 18.3 Å². The van der Waals surface area contributed by atoms with Crippen LogP contribution in [0.25, 0.3) is 0 Å². The number of allylic oxidation sites excluding steroid dienone is 8. The van der Waals surface area contributed by atoms with Gasteiger partial charge in [-0.05, 0) is 77.5 Å². The first-order chi connectivity index (χ1) is 24.1. The number of hydrogen-bond donors (Lipinski definition) is 2. The molecule has 5 nitrogen and oxygen atoms in total. The highest BCUT2D eigenvalue weighted by atomic mass is 31.0. The van der Waals surface area contributed by atoms with Crippen LogP contribution >= 0.6 is 9.24 Å². The smallest absolute Gasteiger partial charge is 0.146 e. The lowest BCUT2D eigenvalue weighted by atomic mass is 9.88. The third kappa shape index (κ3) is 23.6. The summed E-state index contributed by atoms with van der Waals surface area (Å²) >= 11 is 0. The molecule has 0 fully saturated rings. The average Bonchev–Trinajstić information content (AvgIpc) is 3.42. The standard InChI is InChI=1S/C22H35FNO2P.C10H13FN2.4C2H6.CH3F/c1-5-11-18(12-6-2)22(25,21(23)27)17-26-20-14-10-9-13-19(16-20)24(8-4)15-7-3;1-3-8(2)13(12)10-6-4-9(11)5-7-10;5*1-2/h5-6,9-13,16,18,21,25H,7-8,14-15,17,27H2,1-4H3;3-7H,12H2,1-2H3;4*1-2H3;1H3/b11-5-,12-6?;8-3-;;;;;. The summed E-state index contributed by atoms with van der Waals surface area (Å²) in [5.41, 5.74) is 1.12. The lowest BCUT2D eigenvalue weighted by Gasteiger charge is -2.34. The highest BCUT2D eigenvalue weighted by molar-refractivity contribution is 7.17. The highest BCUT2D eigenvalue weighted by Crippen LogP contribution is 2.32. The SMILES string of the molecule is C/C=C(/C)N(N)c1ccc(F)cc1.CC.CC.CC.CC.CC=CC(/C=C\C)C(O)(COC1=CC(N(CC)CCC)=CC=CC1)C(F)P.CF. The fraction of sp³-hybridized carbons (Fsp3) is 0.561. The van der Waals surface area contributed by atoms with Crippen molar-refractivity contribution in [3.63, 3.8) is 0 Å². The molecule has 0 aliphatic heterocycles. The average molecular weight is 730 g/mol. The van der Waals surface area contributed by atoms with Crippen molar-refractivity contribution in [2.24, 2.45) is 11.8 Å². The van der Waals surface area contributed by atoms with Crippen LogP contribution in [0.5, 0.6) is 0 Å². The Labute approximate surface area is 309 Å². The maximum Gasteiger partial charge on any atom is 0.146 e. The molecule has 0 spiro atoms. The molecule has 0 aromatic heterocycles. The first kappa shape index (κ1) is 56.6. The molecule has 0 radical (unpaired) electrons. The van der Waals surface area contributed by atoms with E-state index in [0.29, 0.717) is 13.6 Å². The summed E-state index contributed by atoms with van der Waals surface area (Å²) in [4.78, 5) is 2.28. The van der Waals surface area contributed by atoms with E-state index in [1.165, 1.54) is 17.1 Å². The second-order valence-corrected chi connectivity index (χ2v) is 10.0. The molecule has 1 aromatic carbocycles. The predicted octanol–water partition coefficient (Wildman–Crippen LogP) is 12.3. The molecule has 4 atom stereocenters. The molecule has 292 valence electrons. The second-order valence-electron chi connectivity index (χ2n) is 9.45. The van der Waals surface area contributed by atoms with Gasteiger partial charge in [-0.1, -0.05) is 114 Å². The van der Waals surface area contributed by atoms with Crippen LogP contribution < -0.4 is 10.9 Å². The van der Waals surface area contributed by atoms with Crippen LogP contribution in [-0.2, 0) is 4.74 Å². The van der Waals surface area contributed by atoms with Crippen molar-refractivity contribution >= 4 is 14.9 Å². The molecule has 1 aliphatic carbocycles. The Morgan fingerprint density at radius 1 is 0.980 bits per heavy atom. The molecule has 1 aliphatic rings. The van der Waals surface area contributed by atoms with Crippen LogP contribution in [0.4, 0.5) is 18.9 Å². The van der Waals surface area contributed by atoms with Crippen LogP contribution in [0.3, 0.4) is 0 Å². The predicted molar refractivity (Wildman–Crippen MR) is 221 cm³/mol. The Balaban J connectivity index is -0.000000244. The van der Waals surface area contributed by atoms with Crippen LogP contribution in [0.1, 0.15) is 110 Å². The number of anilines is 1. The van der Waals surface area contributed by atoms with Gasteiger partial charge in [0.2, 0.25) is 0 Å². The van der Waals surface area contributed by atoms with Crippen molar-refractivity contribution in [1.29, 1.82) is 0 Å². The zero-order chi connectivity index (χ0) is 40.1. The molecule has 4 unspecified atom stereocenters. The molecule has 2 rings (SSSR count). The largest absolute Gasteiger partial charge is 0.494 e. The topological polar surface area (TPSA) is 62.0 Å². The van der Waals surface area contributed by atoms with E-state index in [1.54, 1.807) is 24.3 Å². The van der Waals surface area contributed by atoms with Gasteiger partial charge in [-0.2, -0.15) is 0 Å². The van der Waals surface area contributed by atoms with Crippen molar-refractivity contribution in [2.75, 3.05) is 31.9 Å². The van der Waals surface area contributed by atoms with E-state index in [-0.39, 0.29) is 12.4 Å². The number of likely N-dealkylation sites (N-methyl/N-ethyl adjacent to an activating group) is 1. The summed E-state index contributed by atoms with van der Waals surface area (Å²) in [5.74, 6) is 4.23. The van der Waals surface area contributed by atoms with E-state index >= 15 is 0 Å². The molecule has 9 heteroatoms. The number of alkyl halides is 2. The fourth-order valence-electron chi connectivity index (χ4n) is 3.98. The molecule has 0 bridgehead atoms. The first-order valence-corrected chi connectivity index (χ1v) is 18.9. The van der Waals surface area contributed by atoms with Gasteiger partial charge < -0.3 is 14.7 Å². The Kier molecular flexibility index (Phi) is 44.1. The van der Waals surface area contributed by atoms with Crippen molar-refractivity contribution in [3.8, 4) is 0 Å². The van der Waals surface area contributed by atoms with Gasteiger partial charge in [-0.15, -0.1) is 0 Å². The summed E-state index contributed by atoms with van der Waals surface area (Å²) in [7, 11) is 2.57. The van der Waals surface area contributed by atoms with Crippen molar-refractivity contribution in [2.45, 2.75) is 121 Å². The van der Waals surface area contributed by atoms with Crippen LogP contribution in [0.15, 0.2) is 96.1 Å². The fourth-order valence-corrected chi connectivity index (χ4v) is 4.30. The quantitative estimate of drug-likeness (QED) is 0.0916. The van der Waals surface area contributed by atoms with Crippen molar-refractivity contribution in [1.82, 2.24) is 4.90 Å². The number of hydrogen-bond acceptors (Lipinski definition) is 5. The molecule has 0 heterocycles. The number of ether oxygens (including phenoxy) is 1. The molecule has 0 amide bonds. The number of nitrogens with two attached hydrogens (primary N) is 1. The first-order valence-electron chi connectivity index (χ1n) is 18.2.